The minimum absolute atomic E-state index is 0.247. The average molecular weight is 333 g/mol. The molecule has 2 aliphatic rings. The Labute approximate surface area is 145 Å². The monoisotopic (exact) mass is 333 g/mol. The van der Waals surface area contributed by atoms with Gasteiger partial charge in [0.25, 0.3) is 0 Å². The van der Waals surface area contributed by atoms with Crippen molar-refractivity contribution in [1.82, 2.24) is 10.3 Å². The van der Waals surface area contributed by atoms with E-state index in [1.807, 2.05) is 30.3 Å². The molecule has 1 saturated carbocycles. The molecule has 5 heteroatoms. The fourth-order valence-electron chi connectivity index (χ4n) is 3.41. The molecule has 5 rings (SSSR count). The molecule has 25 heavy (non-hydrogen) atoms. The van der Waals surface area contributed by atoms with Gasteiger partial charge in [0.15, 0.2) is 11.3 Å². The molecule has 1 saturated heterocycles. The van der Waals surface area contributed by atoms with Crippen LogP contribution in [0.3, 0.4) is 0 Å². The fourth-order valence-corrected chi connectivity index (χ4v) is 3.41. The molecular formula is C20H19N3O2. The Hall–Kier alpha value is -2.69. The predicted molar refractivity (Wildman–Crippen MR) is 95.7 cm³/mol. The van der Waals surface area contributed by atoms with Crippen LogP contribution in [0.1, 0.15) is 36.0 Å². The molecule has 0 radical (unpaired) electrons. The van der Waals surface area contributed by atoms with E-state index in [4.69, 9.17) is 4.63 Å². The zero-order valence-corrected chi connectivity index (χ0v) is 13.9. The first-order valence-corrected chi connectivity index (χ1v) is 8.93. The standard InChI is InChI=1S/C20H19N3O2/c24-19(9-13-5-6-13)15-4-1-3-14(10-15)16-11-17-20(22-25-21-17)18(12-16)23-7-2-8-23/h1,3-4,10-13H,2,5-9H2. The van der Waals surface area contributed by atoms with E-state index in [2.05, 4.69) is 21.3 Å². The van der Waals surface area contributed by atoms with Gasteiger partial charge in [0.2, 0.25) is 0 Å². The third-order valence-electron chi connectivity index (χ3n) is 5.23. The molecule has 5 nitrogen and oxygen atoms in total. The molecule has 0 atom stereocenters. The maximum atomic E-state index is 12.4. The summed E-state index contributed by atoms with van der Waals surface area (Å²) in [7, 11) is 0. The van der Waals surface area contributed by atoms with Crippen LogP contribution in [0.4, 0.5) is 5.69 Å². The smallest absolute Gasteiger partial charge is 0.163 e. The number of fused-ring (bicyclic) bond motifs is 1. The Morgan fingerprint density at radius 1 is 1.12 bits per heavy atom. The van der Waals surface area contributed by atoms with E-state index in [1.54, 1.807) is 0 Å². The second-order valence-electron chi connectivity index (χ2n) is 7.12. The highest BCUT2D eigenvalue weighted by Gasteiger charge is 2.25. The topological polar surface area (TPSA) is 59.2 Å². The molecule has 126 valence electrons. The Kier molecular flexibility index (Phi) is 3.33. The molecule has 3 aromatic rings. The van der Waals surface area contributed by atoms with Gasteiger partial charge in [-0.25, -0.2) is 4.63 Å². The van der Waals surface area contributed by atoms with Crippen molar-refractivity contribution >= 4 is 22.5 Å². The van der Waals surface area contributed by atoms with Crippen LogP contribution < -0.4 is 4.90 Å². The number of anilines is 1. The van der Waals surface area contributed by atoms with Crippen LogP contribution in [-0.4, -0.2) is 29.2 Å². The fraction of sp³-hybridized carbons (Fsp3) is 0.350. The average Bonchev–Trinajstić information content (AvgIpc) is 3.26. The molecule has 0 spiro atoms. The first-order valence-electron chi connectivity index (χ1n) is 8.93. The van der Waals surface area contributed by atoms with E-state index in [0.717, 1.165) is 46.5 Å². The molecule has 2 aromatic carbocycles. The highest BCUT2D eigenvalue weighted by molar-refractivity contribution is 5.98. The summed E-state index contributed by atoms with van der Waals surface area (Å²) < 4.78 is 4.95. The number of hydrogen-bond acceptors (Lipinski definition) is 5. The van der Waals surface area contributed by atoms with Crippen LogP contribution in [0, 0.1) is 5.92 Å². The van der Waals surface area contributed by atoms with Crippen molar-refractivity contribution in [2.24, 2.45) is 5.92 Å². The second kappa shape index (κ2) is 5.69. The lowest BCUT2D eigenvalue weighted by Crippen LogP contribution is -2.37. The zero-order chi connectivity index (χ0) is 16.8. The number of rotatable bonds is 5. The van der Waals surface area contributed by atoms with Gasteiger partial charge >= 0.3 is 0 Å². The van der Waals surface area contributed by atoms with E-state index in [0.29, 0.717) is 12.3 Å². The SMILES string of the molecule is O=C(CC1CC1)c1cccc(-c2cc(N3CCC3)c3nonc3c2)c1. The number of hydrogen-bond donors (Lipinski definition) is 0. The summed E-state index contributed by atoms with van der Waals surface area (Å²) in [6, 6.07) is 12.0. The molecule has 0 amide bonds. The normalized spacial score (nSPS) is 16.9. The van der Waals surface area contributed by atoms with Crippen molar-refractivity contribution in [2.75, 3.05) is 18.0 Å². The van der Waals surface area contributed by atoms with Gasteiger partial charge < -0.3 is 4.90 Å². The lowest BCUT2D eigenvalue weighted by molar-refractivity contribution is 0.0976. The number of carbonyl (C=O) groups is 1. The van der Waals surface area contributed by atoms with E-state index < -0.39 is 0 Å². The molecule has 1 aliphatic carbocycles. The van der Waals surface area contributed by atoms with Crippen LogP contribution in [0.5, 0.6) is 0 Å². The second-order valence-corrected chi connectivity index (χ2v) is 7.12. The third-order valence-corrected chi connectivity index (χ3v) is 5.23. The minimum Gasteiger partial charge on any atom is -0.369 e. The molecule has 0 N–H and O–H groups in total. The van der Waals surface area contributed by atoms with Gasteiger partial charge in [-0.05, 0) is 64.8 Å². The van der Waals surface area contributed by atoms with Crippen LogP contribution in [0.15, 0.2) is 41.0 Å². The van der Waals surface area contributed by atoms with Crippen LogP contribution in [0.2, 0.25) is 0 Å². The maximum Gasteiger partial charge on any atom is 0.163 e. The summed E-state index contributed by atoms with van der Waals surface area (Å²) >= 11 is 0. The van der Waals surface area contributed by atoms with Crippen molar-refractivity contribution < 1.29 is 9.42 Å². The summed E-state index contributed by atoms with van der Waals surface area (Å²) in [6.45, 7) is 2.07. The Morgan fingerprint density at radius 2 is 2.00 bits per heavy atom. The quantitative estimate of drug-likeness (QED) is 0.658. The largest absolute Gasteiger partial charge is 0.369 e. The molecule has 2 fully saturated rings. The van der Waals surface area contributed by atoms with Crippen molar-refractivity contribution in [3.63, 3.8) is 0 Å². The number of Topliss-reactive ketones (excluding diaryl/α,β-unsaturated/α-hetero) is 1. The van der Waals surface area contributed by atoms with Gasteiger partial charge in [-0.1, -0.05) is 18.2 Å². The number of aromatic nitrogens is 2. The summed E-state index contributed by atoms with van der Waals surface area (Å²) in [5.74, 6) is 0.850. The Bertz CT molecular complexity index is 954. The van der Waals surface area contributed by atoms with Crippen molar-refractivity contribution in [2.45, 2.75) is 25.7 Å². The molecule has 0 bridgehead atoms. The molecule has 0 unspecified atom stereocenters. The van der Waals surface area contributed by atoms with Gasteiger partial charge in [-0.2, -0.15) is 0 Å². The van der Waals surface area contributed by atoms with Gasteiger partial charge in [0.05, 0.1) is 5.69 Å². The number of benzene rings is 2. The lowest BCUT2D eigenvalue weighted by atomic mass is 9.98. The predicted octanol–water partition coefficient (Wildman–Crippen LogP) is 4.08. The molecule has 2 heterocycles. The van der Waals surface area contributed by atoms with E-state index in [1.165, 1.54) is 19.3 Å². The number of nitrogens with zero attached hydrogens (tertiary/aromatic N) is 3. The number of ketones is 1. The highest BCUT2D eigenvalue weighted by atomic mass is 16.6. The summed E-state index contributed by atoms with van der Waals surface area (Å²) in [5, 5.41) is 8.09. The van der Waals surface area contributed by atoms with Gasteiger partial charge in [-0.15, -0.1) is 0 Å². The lowest BCUT2D eigenvalue weighted by Gasteiger charge is -2.33. The van der Waals surface area contributed by atoms with Crippen molar-refractivity contribution in [3.8, 4) is 11.1 Å². The van der Waals surface area contributed by atoms with Gasteiger partial charge in [-0.3, -0.25) is 4.79 Å². The Morgan fingerprint density at radius 3 is 2.76 bits per heavy atom. The van der Waals surface area contributed by atoms with E-state index in [9.17, 15) is 4.79 Å². The Balaban J connectivity index is 1.55. The van der Waals surface area contributed by atoms with Crippen molar-refractivity contribution in [3.05, 3.63) is 42.0 Å². The van der Waals surface area contributed by atoms with Crippen LogP contribution >= 0.6 is 0 Å². The van der Waals surface area contributed by atoms with Crippen LogP contribution in [-0.2, 0) is 0 Å². The first kappa shape index (κ1) is 14.6. The summed E-state index contributed by atoms with van der Waals surface area (Å²) in [5.41, 5.74) is 5.51. The highest BCUT2D eigenvalue weighted by Crippen LogP contribution is 2.35. The zero-order valence-electron chi connectivity index (χ0n) is 13.9. The first-order chi connectivity index (χ1) is 12.3. The molecule has 1 aromatic heterocycles. The van der Waals surface area contributed by atoms with Gasteiger partial charge in [0.1, 0.15) is 5.52 Å². The van der Waals surface area contributed by atoms with E-state index >= 15 is 0 Å². The maximum absolute atomic E-state index is 12.4. The minimum atomic E-state index is 0.247. The number of carbonyl (C=O) groups excluding carboxylic acids is 1. The summed E-state index contributed by atoms with van der Waals surface area (Å²) in [4.78, 5) is 14.7. The van der Waals surface area contributed by atoms with Crippen LogP contribution in [0.25, 0.3) is 22.2 Å². The van der Waals surface area contributed by atoms with Gasteiger partial charge in [0, 0.05) is 25.1 Å². The molecule has 1 aliphatic heterocycles. The summed E-state index contributed by atoms with van der Waals surface area (Å²) in [6.07, 6.45) is 4.26. The third kappa shape index (κ3) is 2.69. The van der Waals surface area contributed by atoms with E-state index in [-0.39, 0.29) is 5.78 Å². The van der Waals surface area contributed by atoms with Crippen molar-refractivity contribution in [1.29, 1.82) is 0 Å². The molecular weight excluding hydrogens is 314 g/mol.